The first kappa shape index (κ1) is 28.7. The average molecular weight is 530 g/mol. The molecule has 10 nitrogen and oxygen atoms in total. The molecule has 202 valence electrons. The van der Waals surface area contributed by atoms with Gasteiger partial charge in [-0.05, 0) is 43.7 Å². The summed E-state index contributed by atoms with van der Waals surface area (Å²) in [5.41, 5.74) is 1.79. The Labute approximate surface area is 226 Å². The van der Waals surface area contributed by atoms with Crippen molar-refractivity contribution in [2.75, 3.05) is 0 Å². The maximum absolute atomic E-state index is 13.1. The zero-order valence-corrected chi connectivity index (χ0v) is 21.7. The second-order valence-corrected chi connectivity index (χ2v) is 8.91. The van der Waals surface area contributed by atoms with E-state index in [1.54, 1.807) is 54.7 Å². The maximum atomic E-state index is 13.1. The minimum Gasteiger partial charge on any atom is -0.344 e. The third-order valence-electron chi connectivity index (χ3n) is 5.82. The van der Waals surface area contributed by atoms with Crippen LogP contribution >= 0.6 is 0 Å². The molecule has 4 N–H and O–H groups in total. The van der Waals surface area contributed by atoms with Crippen LogP contribution in [0, 0.1) is 0 Å². The number of carbonyl (C=O) groups excluding carboxylic acids is 5. The van der Waals surface area contributed by atoms with Crippen molar-refractivity contribution in [3.8, 4) is 0 Å². The molecule has 4 amide bonds. The molecule has 0 saturated heterocycles. The van der Waals surface area contributed by atoms with E-state index in [9.17, 15) is 24.0 Å². The normalized spacial score (nSPS) is 12.8. The van der Waals surface area contributed by atoms with Crippen LogP contribution in [-0.4, -0.2) is 52.5 Å². The lowest BCUT2D eigenvalue weighted by atomic mass is 10.0. The number of aromatic nitrogens is 1. The Morgan fingerprint density at radius 2 is 1.33 bits per heavy atom. The zero-order chi connectivity index (χ0) is 28.2. The lowest BCUT2D eigenvalue weighted by Crippen LogP contribution is -2.55. The van der Waals surface area contributed by atoms with E-state index in [0.29, 0.717) is 11.3 Å². The van der Waals surface area contributed by atoms with Crippen LogP contribution in [0.4, 0.5) is 0 Å². The Hall–Kier alpha value is -4.86. The summed E-state index contributed by atoms with van der Waals surface area (Å²) in [4.78, 5) is 67.3. The number of nitrogens with zero attached hydrogens (tertiary/aromatic N) is 1. The summed E-state index contributed by atoms with van der Waals surface area (Å²) < 4.78 is 0. The van der Waals surface area contributed by atoms with Gasteiger partial charge in [-0.3, -0.25) is 29.0 Å². The van der Waals surface area contributed by atoms with Gasteiger partial charge in [-0.15, -0.1) is 0 Å². The molecule has 0 aliphatic rings. The Balaban J connectivity index is 1.57. The maximum Gasteiger partial charge on any atom is 0.289 e. The number of amides is 4. The largest absolute Gasteiger partial charge is 0.344 e. The molecule has 1 aromatic heterocycles. The number of rotatable bonds is 12. The molecule has 3 atom stereocenters. The minimum atomic E-state index is -1.13. The summed E-state index contributed by atoms with van der Waals surface area (Å²) in [6, 6.07) is 19.7. The van der Waals surface area contributed by atoms with Gasteiger partial charge in [0, 0.05) is 18.2 Å². The van der Waals surface area contributed by atoms with Crippen molar-refractivity contribution in [2.24, 2.45) is 0 Å². The highest BCUT2D eigenvalue weighted by molar-refractivity contribution is 6.38. The number of carbonyl (C=O) groups is 5. The first-order valence-corrected chi connectivity index (χ1v) is 12.5. The molecule has 0 fully saturated rings. The fraction of sp³-hybridized carbons (Fsp3) is 0.241. The van der Waals surface area contributed by atoms with Gasteiger partial charge in [0.2, 0.25) is 17.6 Å². The predicted octanol–water partition coefficient (Wildman–Crippen LogP) is 1.32. The van der Waals surface area contributed by atoms with Crippen LogP contribution in [0.5, 0.6) is 0 Å². The summed E-state index contributed by atoms with van der Waals surface area (Å²) in [5, 5.41) is 10.2. The van der Waals surface area contributed by atoms with E-state index < -0.39 is 47.5 Å². The Bertz CT molecular complexity index is 1290. The van der Waals surface area contributed by atoms with Crippen LogP contribution < -0.4 is 21.3 Å². The molecule has 0 radical (unpaired) electrons. The van der Waals surface area contributed by atoms with Gasteiger partial charge in [-0.25, -0.2) is 0 Å². The first-order valence-electron chi connectivity index (χ1n) is 12.5. The lowest BCUT2D eigenvalue weighted by molar-refractivity contribution is -0.140. The number of ketones is 1. The number of pyridine rings is 1. The summed E-state index contributed by atoms with van der Waals surface area (Å²) in [5.74, 6) is -3.36. The Morgan fingerprint density at radius 1 is 0.718 bits per heavy atom. The monoisotopic (exact) mass is 529 g/mol. The standard InChI is InChI=1S/C29H31N5O5/c1-19(25(35)29(39)31-18-23-15-9-10-16-30-23)32-26(36)20(2)33-28(38)24(17-21-11-5-3-6-12-21)34-27(37)22-13-7-4-8-14-22/h3-16,19-20,24H,17-18H2,1-2H3,(H,31,39)(H,32,36)(H,33,38)(H,34,37)/t19?,20?,24-/m0/s1. The van der Waals surface area contributed by atoms with E-state index in [1.807, 2.05) is 30.3 Å². The highest BCUT2D eigenvalue weighted by Gasteiger charge is 2.28. The Kier molecular flexibility index (Phi) is 10.4. The van der Waals surface area contributed by atoms with Gasteiger partial charge in [0.25, 0.3) is 11.8 Å². The van der Waals surface area contributed by atoms with Gasteiger partial charge in [0.05, 0.1) is 18.3 Å². The summed E-state index contributed by atoms with van der Waals surface area (Å²) in [7, 11) is 0. The van der Waals surface area contributed by atoms with Gasteiger partial charge < -0.3 is 21.3 Å². The second kappa shape index (κ2) is 14.2. The van der Waals surface area contributed by atoms with Gasteiger partial charge in [0.15, 0.2) is 0 Å². The molecule has 2 unspecified atom stereocenters. The molecule has 2 aromatic carbocycles. The third-order valence-corrected chi connectivity index (χ3v) is 5.82. The van der Waals surface area contributed by atoms with Crippen molar-refractivity contribution in [3.63, 3.8) is 0 Å². The van der Waals surface area contributed by atoms with Crippen molar-refractivity contribution in [2.45, 2.75) is 44.9 Å². The van der Waals surface area contributed by atoms with Crippen molar-refractivity contribution in [3.05, 3.63) is 102 Å². The lowest BCUT2D eigenvalue weighted by Gasteiger charge is -2.22. The molecule has 3 aromatic rings. The number of nitrogens with one attached hydrogen (secondary N) is 4. The van der Waals surface area contributed by atoms with Crippen LogP contribution in [0.3, 0.4) is 0 Å². The van der Waals surface area contributed by atoms with E-state index in [4.69, 9.17) is 0 Å². The van der Waals surface area contributed by atoms with Crippen molar-refractivity contribution >= 4 is 29.4 Å². The molecule has 0 spiro atoms. The Morgan fingerprint density at radius 3 is 1.97 bits per heavy atom. The van der Waals surface area contributed by atoms with Gasteiger partial charge in [-0.2, -0.15) is 0 Å². The number of benzene rings is 2. The summed E-state index contributed by atoms with van der Waals surface area (Å²) >= 11 is 0. The van der Waals surface area contributed by atoms with Crippen LogP contribution in [0.25, 0.3) is 0 Å². The molecular formula is C29H31N5O5. The van der Waals surface area contributed by atoms with Crippen LogP contribution in [0.2, 0.25) is 0 Å². The fourth-order valence-corrected chi connectivity index (χ4v) is 3.63. The third kappa shape index (κ3) is 8.89. The quantitative estimate of drug-likeness (QED) is 0.260. The van der Waals surface area contributed by atoms with Gasteiger partial charge in [-0.1, -0.05) is 54.6 Å². The van der Waals surface area contributed by atoms with Crippen LogP contribution in [-0.2, 0) is 32.1 Å². The molecule has 0 aliphatic heterocycles. The van der Waals surface area contributed by atoms with E-state index in [0.717, 1.165) is 5.56 Å². The molecule has 10 heteroatoms. The van der Waals surface area contributed by atoms with Crippen LogP contribution in [0.15, 0.2) is 85.1 Å². The van der Waals surface area contributed by atoms with Crippen molar-refractivity contribution in [1.82, 2.24) is 26.3 Å². The van der Waals surface area contributed by atoms with E-state index in [1.165, 1.54) is 13.8 Å². The summed E-state index contributed by atoms with van der Waals surface area (Å²) in [6.07, 6.45) is 1.77. The number of Topliss-reactive ketones (excluding diaryl/α,β-unsaturated/α-hetero) is 1. The minimum absolute atomic E-state index is 0.0655. The molecule has 3 rings (SSSR count). The molecule has 39 heavy (non-hydrogen) atoms. The molecule has 1 heterocycles. The molecular weight excluding hydrogens is 498 g/mol. The highest BCUT2D eigenvalue weighted by Crippen LogP contribution is 2.06. The predicted molar refractivity (Wildman–Crippen MR) is 144 cm³/mol. The smallest absolute Gasteiger partial charge is 0.289 e. The average Bonchev–Trinajstić information content (AvgIpc) is 2.96. The SMILES string of the molecule is CC(NC(=O)[C@H](Cc1ccccc1)NC(=O)c1ccccc1)C(=O)NC(C)C(=O)C(=O)NCc1ccccn1. The van der Waals surface area contributed by atoms with Crippen molar-refractivity contribution in [1.29, 1.82) is 0 Å². The van der Waals surface area contributed by atoms with E-state index in [2.05, 4.69) is 26.3 Å². The van der Waals surface area contributed by atoms with E-state index in [-0.39, 0.29) is 13.0 Å². The topological polar surface area (TPSA) is 146 Å². The molecule has 0 saturated carbocycles. The van der Waals surface area contributed by atoms with E-state index >= 15 is 0 Å². The zero-order valence-electron chi connectivity index (χ0n) is 21.7. The summed E-state index contributed by atoms with van der Waals surface area (Å²) in [6.45, 7) is 2.90. The number of hydrogen-bond donors (Lipinski definition) is 4. The fourth-order valence-electron chi connectivity index (χ4n) is 3.63. The number of hydrogen-bond acceptors (Lipinski definition) is 6. The second-order valence-electron chi connectivity index (χ2n) is 8.91. The highest BCUT2D eigenvalue weighted by atomic mass is 16.2. The van der Waals surface area contributed by atoms with Crippen LogP contribution in [0.1, 0.15) is 35.5 Å². The molecule has 0 aliphatic carbocycles. The first-order chi connectivity index (χ1) is 18.7. The molecule has 0 bridgehead atoms. The van der Waals surface area contributed by atoms with Crippen molar-refractivity contribution < 1.29 is 24.0 Å². The van der Waals surface area contributed by atoms with Gasteiger partial charge in [0.1, 0.15) is 12.1 Å². The van der Waals surface area contributed by atoms with Gasteiger partial charge >= 0.3 is 0 Å².